The molecule has 210 valence electrons. The van der Waals surface area contributed by atoms with Gasteiger partial charge in [-0.1, -0.05) is 130 Å². The van der Waals surface area contributed by atoms with E-state index in [1.165, 1.54) is 64.2 Å². The highest BCUT2D eigenvalue weighted by molar-refractivity contribution is 6.59. The van der Waals surface area contributed by atoms with Gasteiger partial charge in [-0.3, -0.25) is 0 Å². The maximum absolute atomic E-state index is 7.19. The lowest BCUT2D eigenvalue weighted by atomic mass is 9.77. The third-order valence-electron chi connectivity index (χ3n) is 9.43. The van der Waals surface area contributed by atoms with Gasteiger partial charge in [0.05, 0.1) is 24.1 Å². The van der Waals surface area contributed by atoms with Crippen molar-refractivity contribution in [2.75, 3.05) is 6.61 Å². The van der Waals surface area contributed by atoms with Crippen molar-refractivity contribution < 1.29 is 14.0 Å². The zero-order valence-electron chi connectivity index (χ0n) is 23.5. The molecule has 1 heterocycles. The van der Waals surface area contributed by atoms with Crippen molar-refractivity contribution in [1.29, 1.82) is 0 Å². The Labute approximate surface area is 245 Å². The van der Waals surface area contributed by atoms with Crippen LogP contribution in [-0.2, 0) is 19.6 Å². The third kappa shape index (κ3) is 5.92. The maximum atomic E-state index is 7.19. The summed E-state index contributed by atoms with van der Waals surface area (Å²) < 4.78 is 20.6. The van der Waals surface area contributed by atoms with E-state index in [4.69, 9.17) is 25.6 Å². The highest BCUT2D eigenvalue weighted by Gasteiger charge is 2.50. The molecule has 3 atom stereocenters. The standard InChI is InChI=1S/C35H42BClO3/c37-32(36-39-33(27-16-6-1-7-17-27)34(40-36)28-18-8-2-9-19-28)26-38-35(29-20-10-3-11-21-29,30-22-12-4-13-23-30)31-24-14-5-15-25-31/h3-5,10-15,20-25,27-28,32-34H,1-2,6-9,16-19,26H2/t32-,33-,34-/m0/s1. The Bertz CT molecular complexity index is 1040. The van der Waals surface area contributed by atoms with Gasteiger partial charge in [-0.15, -0.1) is 11.6 Å². The molecule has 6 rings (SSSR count). The summed E-state index contributed by atoms with van der Waals surface area (Å²) in [6, 6.07) is 31.4. The lowest BCUT2D eigenvalue weighted by Gasteiger charge is -2.36. The van der Waals surface area contributed by atoms with Gasteiger partial charge in [0.1, 0.15) is 5.60 Å². The minimum atomic E-state index is -0.804. The first kappa shape index (κ1) is 28.0. The van der Waals surface area contributed by atoms with E-state index in [0.717, 1.165) is 16.7 Å². The Kier molecular flexibility index (Phi) is 9.29. The quantitative estimate of drug-likeness (QED) is 0.150. The normalized spacial score (nSPS) is 23.8. The fourth-order valence-electron chi connectivity index (χ4n) is 7.40. The molecule has 1 saturated heterocycles. The van der Waals surface area contributed by atoms with Gasteiger partial charge in [-0.25, -0.2) is 0 Å². The zero-order valence-corrected chi connectivity index (χ0v) is 24.3. The molecule has 3 fully saturated rings. The first-order valence-electron chi connectivity index (χ1n) is 15.5. The molecule has 2 saturated carbocycles. The summed E-state index contributed by atoms with van der Waals surface area (Å²) in [6.45, 7) is 0.305. The SMILES string of the molecule is Cl[C@@H](COC(c1ccccc1)(c1ccccc1)c1ccccc1)B1O[C@@H](C2CCCCC2)[C@H](C2CCCCC2)O1. The molecule has 2 aliphatic carbocycles. The monoisotopic (exact) mass is 556 g/mol. The second-order valence-electron chi connectivity index (χ2n) is 12.0. The summed E-state index contributed by atoms with van der Waals surface area (Å²) in [4.78, 5) is 0. The van der Waals surface area contributed by atoms with E-state index in [9.17, 15) is 0 Å². The number of halogens is 1. The van der Waals surface area contributed by atoms with E-state index in [0.29, 0.717) is 18.4 Å². The first-order valence-corrected chi connectivity index (χ1v) is 15.9. The number of hydrogen-bond donors (Lipinski definition) is 0. The molecule has 40 heavy (non-hydrogen) atoms. The molecule has 0 aromatic heterocycles. The summed E-state index contributed by atoms with van der Waals surface area (Å²) in [5.74, 6) is 1.15. The number of ether oxygens (including phenoxy) is 1. The van der Waals surface area contributed by atoms with Gasteiger partial charge in [0.2, 0.25) is 0 Å². The molecular formula is C35H42BClO3. The Morgan fingerprint density at radius 3 is 1.38 bits per heavy atom. The fraction of sp³-hybridized carbons (Fsp3) is 0.486. The summed E-state index contributed by atoms with van der Waals surface area (Å²) >= 11 is 7.19. The molecule has 0 spiro atoms. The summed E-state index contributed by atoms with van der Waals surface area (Å²) in [6.07, 6.45) is 13.2. The molecule has 5 heteroatoms. The highest BCUT2D eigenvalue weighted by atomic mass is 35.5. The minimum absolute atomic E-state index is 0.150. The van der Waals surface area contributed by atoms with Crippen LogP contribution in [0.3, 0.4) is 0 Å². The van der Waals surface area contributed by atoms with Gasteiger partial charge in [0, 0.05) is 0 Å². The van der Waals surface area contributed by atoms with Crippen LogP contribution in [0.25, 0.3) is 0 Å². The number of alkyl halides is 1. The van der Waals surface area contributed by atoms with Crippen molar-refractivity contribution in [2.24, 2.45) is 11.8 Å². The van der Waals surface area contributed by atoms with E-state index in [-0.39, 0.29) is 12.2 Å². The Morgan fingerprint density at radius 1 is 0.625 bits per heavy atom. The van der Waals surface area contributed by atoms with Crippen molar-refractivity contribution in [2.45, 2.75) is 87.3 Å². The molecule has 0 amide bonds. The van der Waals surface area contributed by atoms with Crippen molar-refractivity contribution in [3.05, 3.63) is 108 Å². The van der Waals surface area contributed by atoms with E-state index >= 15 is 0 Å². The van der Waals surface area contributed by atoms with Crippen LogP contribution >= 0.6 is 11.6 Å². The molecule has 3 aromatic carbocycles. The van der Waals surface area contributed by atoms with Crippen LogP contribution in [0, 0.1) is 11.8 Å². The van der Waals surface area contributed by atoms with E-state index < -0.39 is 18.0 Å². The Morgan fingerprint density at radius 2 is 1.00 bits per heavy atom. The van der Waals surface area contributed by atoms with Crippen LogP contribution in [0.5, 0.6) is 0 Å². The van der Waals surface area contributed by atoms with E-state index in [2.05, 4.69) is 72.8 Å². The van der Waals surface area contributed by atoms with Crippen LogP contribution in [0.2, 0.25) is 0 Å². The molecular weight excluding hydrogens is 515 g/mol. The van der Waals surface area contributed by atoms with Crippen molar-refractivity contribution in [3.8, 4) is 0 Å². The lowest BCUT2D eigenvalue weighted by molar-refractivity contribution is 0.0163. The van der Waals surface area contributed by atoms with Gasteiger partial charge >= 0.3 is 7.12 Å². The van der Waals surface area contributed by atoms with E-state index in [1.54, 1.807) is 0 Å². The molecule has 0 bridgehead atoms. The smallest absolute Gasteiger partial charge is 0.404 e. The van der Waals surface area contributed by atoms with E-state index in [1.807, 2.05) is 18.2 Å². The van der Waals surface area contributed by atoms with Crippen LogP contribution in [0.4, 0.5) is 0 Å². The predicted molar refractivity (Wildman–Crippen MR) is 163 cm³/mol. The maximum Gasteiger partial charge on any atom is 0.479 e. The second-order valence-corrected chi connectivity index (χ2v) is 12.5. The van der Waals surface area contributed by atoms with Crippen molar-refractivity contribution >= 4 is 18.7 Å². The molecule has 1 aliphatic heterocycles. The summed E-state index contributed by atoms with van der Waals surface area (Å²) in [5.41, 5.74) is 2.42. The third-order valence-corrected chi connectivity index (χ3v) is 9.76. The van der Waals surface area contributed by atoms with Gasteiger partial charge in [0.15, 0.2) is 0 Å². The Balaban J connectivity index is 1.27. The predicted octanol–water partition coefficient (Wildman–Crippen LogP) is 8.57. The average molecular weight is 557 g/mol. The van der Waals surface area contributed by atoms with Crippen LogP contribution in [0.15, 0.2) is 91.0 Å². The number of rotatable bonds is 9. The number of hydrogen-bond acceptors (Lipinski definition) is 3. The molecule has 0 radical (unpaired) electrons. The van der Waals surface area contributed by atoms with Gasteiger partial charge in [0.25, 0.3) is 0 Å². The zero-order chi connectivity index (χ0) is 27.2. The van der Waals surface area contributed by atoms with Crippen molar-refractivity contribution in [3.63, 3.8) is 0 Å². The molecule has 3 aromatic rings. The molecule has 0 unspecified atom stereocenters. The fourth-order valence-corrected chi connectivity index (χ4v) is 7.58. The van der Waals surface area contributed by atoms with Gasteiger partial charge < -0.3 is 14.0 Å². The topological polar surface area (TPSA) is 27.7 Å². The lowest BCUT2D eigenvalue weighted by Crippen LogP contribution is -2.40. The van der Waals surface area contributed by atoms with Crippen LogP contribution in [-0.4, -0.2) is 31.2 Å². The van der Waals surface area contributed by atoms with Crippen LogP contribution in [0.1, 0.15) is 80.9 Å². The summed E-state index contributed by atoms with van der Waals surface area (Å²) in [7, 11) is -0.458. The Hall–Kier alpha value is -2.11. The molecule has 3 nitrogen and oxygen atoms in total. The van der Waals surface area contributed by atoms with Crippen LogP contribution < -0.4 is 0 Å². The molecule has 3 aliphatic rings. The highest BCUT2D eigenvalue weighted by Crippen LogP contribution is 2.43. The van der Waals surface area contributed by atoms with Crippen molar-refractivity contribution in [1.82, 2.24) is 0 Å². The average Bonchev–Trinajstić information content (AvgIpc) is 3.50. The van der Waals surface area contributed by atoms with Gasteiger partial charge in [-0.2, -0.15) is 0 Å². The number of benzene rings is 3. The van der Waals surface area contributed by atoms with Gasteiger partial charge in [-0.05, 0) is 54.2 Å². The minimum Gasteiger partial charge on any atom is -0.404 e. The first-order chi connectivity index (χ1) is 19.8. The summed E-state index contributed by atoms with van der Waals surface area (Å²) in [5, 5.41) is -0.421. The second kappa shape index (κ2) is 13.3. The molecule has 0 N–H and O–H groups in total. The largest absolute Gasteiger partial charge is 0.479 e.